The zero-order valence-electron chi connectivity index (χ0n) is 11.2. The van der Waals surface area contributed by atoms with E-state index in [1.165, 1.54) is 0 Å². The number of nitrogens with one attached hydrogen (secondary N) is 1. The van der Waals surface area contributed by atoms with E-state index in [9.17, 15) is 0 Å². The van der Waals surface area contributed by atoms with Crippen LogP contribution in [0.3, 0.4) is 0 Å². The molecule has 6 heteroatoms. The zero-order valence-corrected chi connectivity index (χ0v) is 11.2. The van der Waals surface area contributed by atoms with E-state index >= 15 is 0 Å². The van der Waals surface area contributed by atoms with Gasteiger partial charge in [0.2, 0.25) is 5.75 Å². The summed E-state index contributed by atoms with van der Waals surface area (Å²) in [4.78, 5) is 7.41. The fourth-order valence-electron chi connectivity index (χ4n) is 1.83. The van der Waals surface area contributed by atoms with Crippen molar-refractivity contribution in [2.24, 2.45) is 5.73 Å². The second-order valence-corrected chi connectivity index (χ2v) is 3.88. The van der Waals surface area contributed by atoms with E-state index in [1.54, 1.807) is 27.5 Å². The number of benzene rings is 1. The SMILES string of the molecule is COc1cc(-c2ncc(CN)[nH]2)cc(OC)c1OC. The van der Waals surface area contributed by atoms with Crippen LogP contribution in [-0.4, -0.2) is 31.3 Å². The molecule has 1 aromatic heterocycles. The first-order valence-electron chi connectivity index (χ1n) is 5.77. The van der Waals surface area contributed by atoms with E-state index in [0.29, 0.717) is 29.6 Å². The average molecular weight is 263 g/mol. The molecule has 0 bridgehead atoms. The number of hydrogen-bond acceptors (Lipinski definition) is 5. The Morgan fingerprint density at radius 1 is 1.11 bits per heavy atom. The van der Waals surface area contributed by atoms with E-state index < -0.39 is 0 Å². The van der Waals surface area contributed by atoms with Crippen molar-refractivity contribution in [2.75, 3.05) is 21.3 Å². The monoisotopic (exact) mass is 263 g/mol. The molecule has 1 heterocycles. The highest BCUT2D eigenvalue weighted by Crippen LogP contribution is 2.40. The summed E-state index contributed by atoms with van der Waals surface area (Å²) in [6.45, 7) is 0.414. The molecule has 2 aromatic rings. The lowest BCUT2D eigenvalue weighted by molar-refractivity contribution is 0.324. The quantitative estimate of drug-likeness (QED) is 0.855. The highest BCUT2D eigenvalue weighted by atomic mass is 16.5. The van der Waals surface area contributed by atoms with Crippen LogP contribution >= 0.6 is 0 Å². The summed E-state index contributed by atoms with van der Waals surface area (Å²) in [5.74, 6) is 2.43. The van der Waals surface area contributed by atoms with Gasteiger partial charge in [0.25, 0.3) is 0 Å². The maximum absolute atomic E-state index is 5.56. The number of aromatic nitrogens is 2. The Labute approximate surface area is 111 Å². The number of hydrogen-bond donors (Lipinski definition) is 2. The third-order valence-electron chi connectivity index (χ3n) is 2.79. The van der Waals surface area contributed by atoms with E-state index in [0.717, 1.165) is 11.3 Å². The summed E-state index contributed by atoms with van der Waals surface area (Å²) in [5.41, 5.74) is 7.26. The first kappa shape index (κ1) is 13.2. The van der Waals surface area contributed by atoms with Crippen molar-refractivity contribution in [3.63, 3.8) is 0 Å². The van der Waals surface area contributed by atoms with Crippen LogP contribution in [0.15, 0.2) is 18.3 Å². The number of imidazole rings is 1. The van der Waals surface area contributed by atoms with Gasteiger partial charge >= 0.3 is 0 Å². The van der Waals surface area contributed by atoms with Gasteiger partial charge in [-0.05, 0) is 12.1 Å². The molecular weight excluding hydrogens is 246 g/mol. The number of ether oxygens (including phenoxy) is 3. The molecule has 2 rings (SSSR count). The van der Waals surface area contributed by atoms with Crippen LogP contribution in [0.4, 0.5) is 0 Å². The van der Waals surface area contributed by atoms with Crippen molar-refractivity contribution in [1.29, 1.82) is 0 Å². The molecule has 0 aliphatic carbocycles. The van der Waals surface area contributed by atoms with Crippen LogP contribution in [0, 0.1) is 0 Å². The molecule has 102 valence electrons. The summed E-state index contributed by atoms with van der Waals surface area (Å²) in [6.07, 6.45) is 1.71. The topological polar surface area (TPSA) is 82.4 Å². The first-order chi connectivity index (χ1) is 9.23. The Kier molecular flexibility index (Phi) is 3.91. The average Bonchev–Trinajstić information content (AvgIpc) is 2.94. The van der Waals surface area contributed by atoms with Gasteiger partial charge < -0.3 is 24.9 Å². The molecule has 3 N–H and O–H groups in total. The van der Waals surface area contributed by atoms with Crippen LogP contribution in [0.2, 0.25) is 0 Å². The Morgan fingerprint density at radius 3 is 2.16 bits per heavy atom. The number of aromatic amines is 1. The minimum absolute atomic E-state index is 0.414. The molecule has 1 aromatic carbocycles. The fraction of sp³-hybridized carbons (Fsp3) is 0.308. The molecule has 0 amide bonds. The minimum atomic E-state index is 0.414. The molecule has 0 aliphatic rings. The van der Waals surface area contributed by atoms with Crippen molar-refractivity contribution in [1.82, 2.24) is 9.97 Å². The second kappa shape index (κ2) is 5.62. The van der Waals surface area contributed by atoms with Crippen LogP contribution < -0.4 is 19.9 Å². The Bertz CT molecular complexity index is 541. The number of rotatable bonds is 5. The van der Waals surface area contributed by atoms with E-state index in [-0.39, 0.29) is 0 Å². The molecule has 0 saturated carbocycles. The number of H-pyrrole nitrogens is 1. The Hall–Kier alpha value is -2.21. The van der Waals surface area contributed by atoms with Crippen LogP contribution in [0.25, 0.3) is 11.4 Å². The van der Waals surface area contributed by atoms with Gasteiger partial charge in [-0.2, -0.15) is 0 Å². The molecule has 0 aliphatic heterocycles. The fourth-order valence-corrected chi connectivity index (χ4v) is 1.83. The molecule has 6 nitrogen and oxygen atoms in total. The molecule has 0 atom stereocenters. The van der Waals surface area contributed by atoms with Crippen molar-refractivity contribution in [3.05, 3.63) is 24.0 Å². The smallest absolute Gasteiger partial charge is 0.203 e. The Balaban J connectivity index is 2.51. The first-order valence-corrected chi connectivity index (χ1v) is 5.77. The lowest BCUT2D eigenvalue weighted by Gasteiger charge is -2.13. The third-order valence-corrected chi connectivity index (χ3v) is 2.79. The Morgan fingerprint density at radius 2 is 1.74 bits per heavy atom. The summed E-state index contributed by atoms with van der Waals surface area (Å²) < 4.78 is 15.9. The van der Waals surface area contributed by atoms with Crippen molar-refractivity contribution in [3.8, 4) is 28.6 Å². The number of methoxy groups -OCH3 is 3. The van der Waals surface area contributed by atoms with Gasteiger partial charge in [0.1, 0.15) is 5.82 Å². The molecular formula is C13H17N3O3. The van der Waals surface area contributed by atoms with Crippen molar-refractivity contribution in [2.45, 2.75) is 6.54 Å². The minimum Gasteiger partial charge on any atom is -0.493 e. The predicted molar refractivity (Wildman–Crippen MR) is 71.6 cm³/mol. The molecule has 0 spiro atoms. The van der Waals surface area contributed by atoms with Crippen LogP contribution in [0.1, 0.15) is 5.69 Å². The van der Waals surface area contributed by atoms with Crippen LogP contribution in [-0.2, 0) is 6.54 Å². The maximum atomic E-state index is 5.56. The zero-order chi connectivity index (χ0) is 13.8. The van der Waals surface area contributed by atoms with E-state index in [2.05, 4.69) is 9.97 Å². The highest BCUT2D eigenvalue weighted by molar-refractivity contribution is 5.66. The predicted octanol–water partition coefficient (Wildman–Crippen LogP) is 1.56. The maximum Gasteiger partial charge on any atom is 0.203 e. The lowest BCUT2D eigenvalue weighted by atomic mass is 10.1. The van der Waals surface area contributed by atoms with Crippen molar-refractivity contribution < 1.29 is 14.2 Å². The molecule has 0 saturated heterocycles. The van der Waals surface area contributed by atoms with Gasteiger partial charge in [-0.15, -0.1) is 0 Å². The van der Waals surface area contributed by atoms with E-state index in [4.69, 9.17) is 19.9 Å². The number of nitrogens with two attached hydrogens (primary N) is 1. The summed E-state index contributed by atoms with van der Waals surface area (Å²) in [6, 6.07) is 3.67. The number of nitrogens with zero attached hydrogens (tertiary/aromatic N) is 1. The van der Waals surface area contributed by atoms with Gasteiger partial charge in [0.05, 0.1) is 21.3 Å². The summed E-state index contributed by atoms with van der Waals surface area (Å²) in [7, 11) is 4.72. The normalized spacial score (nSPS) is 10.3. The van der Waals surface area contributed by atoms with Crippen LogP contribution in [0.5, 0.6) is 17.2 Å². The standard InChI is InChI=1S/C13H17N3O3/c1-17-10-4-8(5-11(18-2)12(10)19-3)13-15-7-9(6-14)16-13/h4-5,7H,6,14H2,1-3H3,(H,15,16). The molecule has 19 heavy (non-hydrogen) atoms. The molecule has 0 unspecified atom stereocenters. The summed E-state index contributed by atoms with van der Waals surface area (Å²) >= 11 is 0. The molecule has 0 fully saturated rings. The van der Waals surface area contributed by atoms with Gasteiger partial charge in [-0.3, -0.25) is 0 Å². The molecule has 0 radical (unpaired) electrons. The third kappa shape index (κ3) is 2.48. The van der Waals surface area contributed by atoms with E-state index in [1.807, 2.05) is 12.1 Å². The highest BCUT2D eigenvalue weighted by Gasteiger charge is 2.15. The second-order valence-electron chi connectivity index (χ2n) is 3.88. The van der Waals surface area contributed by atoms with Gasteiger partial charge in [0, 0.05) is 24.0 Å². The lowest BCUT2D eigenvalue weighted by Crippen LogP contribution is -1.97. The van der Waals surface area contributed by atoms with Gasteiger partial charge in [-0.25, -0.2) is 4.98 Å². The largest absolute Gasteiger partial charge is 0.493 e. The van der Waals surface area contributed by atoms with Crippen molar-refractivity contribution >= 4 is 0 Å². The summed E-state index contributed by atoms with van der Waals surface area (Å²) in [5, 5.41) is 0. The van der Waals surface area contributed by atoms with Gasteiger partial charge in [-0.1, -0.05) is 0 Å². The van der Waals surface area contributed by atoms with Gasteiger partial charge in [0.15, 0.2) is 11.5 Å².